The number of rotatable bonds is 5. The number of hydrogen-bond acceptors (Lipinski definition) is 1. The highest BCUT2D eigenvalue weighted by atomic mass is 19.4. The molecule has 0 radical (unpaired) electrons. The average Bonchev–Trinajstić information content (AvgIpc) is 2.76. The molecule has 1 aliphatic carbocycles. The van der Waals surface area contributed by atoms with E-state index in [-0.39, 0.29) is 35.4 Å². The largest absolute Gasteiger partial charge is 0.432 e. The molecule has 0 saturated carbocycles. The van der Waals surface area contributed by atoms with Gasteiger partial charge in [-0.15, -0.1) is 0 Å². The molecule has 212 valence electrons. The summed E-state index contributed by atoms with van der Waals surface area (Å²) in [5, 5.41) is 0. The minimum Gasteiger partial charge on any atom is -0.429 e. The zero-order valence-corrected chi connectivity index (χ0v) is 19.8. The molecule has 2 unspecified atom stereocenters. The van der Waals surface area contributed by atoms with Gasteiger partial charge in [-0.1, -0.05) is 12.1 Å². The van der Waals surface area contributed by atoms with Crippen LogP contribution in [0.5, 0.6) is 0 Å². The maximum atomic E-state index is 14.8. The quantitative estimate of drug-likeness (QED) is 0.273. The molecule has 13 heteroatoms. The number of alkyl halides is 6. The van der Waals surface area contributed by atoms with Crippen molar-refractivity contribution in [2.24, 2.45) is 5.92 Å². The minimum absolute atomic E-state index is 0.118. The van der Waals surface area contributed by atoms with Gasteiger partial charge in [0.15, 0.2) is 0 Å². The topological polar surface area (TPSA) is 9.23 Å². The normalized spacial score (nSPS) is 17.9. The van der Waals surface area contributed by atoms with Crippen LogP contribution in [0.4, 0.5) is 52.7 Å². The van der Waals surface area contributed by atoms with E-state index < -0.39 is 81.7 Å². The molecule has 3 aromatic rings. The van der Waals surface area contributed by atoms with Crippen molar-refractivity contribution < 1.29 is 57.4 Å². The Morgan fingerprint density at radius 3 is 1.75 bits per heavy atom. The first-order valence-corrected chi connectivity index (χ1v) is 11.1. The van der Waals surface area contributed by atoms with Crippen LogP contribution in [0.15, 0.2) is 66.2 Å². The second-order valence-electron chi connectivity index (χ2n) is 8.79. The molecular formula is C27H14F12O. The molecule has 2 atom stereocenters. The zero-order chi connectivity index (χ0) is 29.7. The van der Waals surface area contributed by atoms with Gasteiger partial charge >= 0.3 is 12.3 Å². The maximum absolute atomic E-state index is 14.8. The smallest absolute Gasteiger partial charge is 0.429 e. The summed E-state index contributed by atoms with van der Waals surface area (Å²) in [6, 6.07) is 5.35. The lowest BCUT2D eigenvalue weighted by Gasteiger charge is -2.26. The van der Waals surface area contributed by atoms with E-state index in [9.17, 15) is 52.7 Å². The van der Waals surface area contributed by atoms with E-state index in [2.05, 4.69) is 4.74 Å². The van der Waals surface area contributed by atoms with Crippen molar-refractivity contribution >= 4 is 0 Å². The van der Waals surface area contributed by atoms with Gasteiger partial charge in [0.25, 0.3) is 0 Å². The molecule has 0 saturated heterocycles. The monoisotopic (exact) mass is 582 g/mol. The van der Waals surface area contributed by atoms with E-state index >= 15 is 0 Å². The number of aryl methyl sites for hydroxylation is 1. The van der Waals surface area contributed by atoms with Crippen LogP contribution in [-0.2, 0) is 10.8 Å². The number of benzene rings is 3. The Balaban J connectivity index is 1.68. The van der Waals surface area contributed by atoms with Gasteiger partial charge in [0.1, 0.15) is 58.3 Å². The Morgan fingerprint density at radius 2 is 1.25 bits per heavy atom. The van der Waals surface area contributed by atoms with Crippen LogP contribution >= 0.6 is 0 Å². The fraction of sp³-hybridized carbons (Fsp3) is 0.185. The molecule has 0 aromatic heterocycles. The summed E-state index contributed by atoms with van der Waals surface area (Å²) in [6.07, 6.45) is -14.0. The summed E-state index contributed by atoms with van der Waals surface area (Å²) in [7, 11) is 0. The molecule has 1 aliphatic rings. The second-order valence-corrected chi connectivity index (χ2v) is 8.79. The summed E-state index contributed by atoms with van der Waals surface area (Å²) in [5.41, 5.74) is -4.05. The zero-order valence-electron chi connectivity index (χ0n) is 19.8. The second kappa shape index (κ2) is 10.3. The molecule has 40 heavy (non-hydrogen) atoms. The molecule has 4 rings (SSSR count). The number of allylic oxidation sites excluding steroid dienone is 3. The summed E-state index contributed by atoms with van der Waals surface area (Å²) in [4.78, 5) is 0. The standard InChI is InChI=1S/C27H14F12O/c1-11-2-3-15(16(28)4-11)12-5-17(29)23(18(30)6-12)13-7-19(31)25(20(32)8-13)27(38,39)40-14-9-21(33)24(22(34)10-14)26(35,36)37/h2-10,21,24H,1H3. The highest BCUT2D eigenvalue weighted by molar-refractivity contribution is 5.72. The Bertz CT molecular complexity index is 1490. The molecule has 0 N–H and O–H groups in total. The molecule has 0 spiro atoms. The third-order valence-corrected chi connectivity index (χ3v) is 5.92. The summed E-state index contributed by atoms with van der Waals surface area (Å²) in [5.74, 6) is -14.9. The highest BCUT2D eigenvalue weighted by Gasteiger charge is 2.50. The molecular weight excluding hydrogens is 568 g/mol. The van der Waals surface area contributed by atoms with Crippen LogP contribution in [-0.4, -0.2) is 12.3 Å². The van der Waals surface area contributed by atoms with Gasteiger partial charge in [0.05, 0.1) is 5.56 Å². The van der Waals surface area contributed by atoms with Crippen molar-refractivity contribution in [2.45, 2.75) is 25.4 Å². The Labute approximate surface area is 218 Å². The van der Waals surface area contributed by atoms with Crippen LogP contribution < -0.4 is 0 Å². The molecule has 3 aromatic carbocycles. The molecule has 0 bridgehead atoms. The van der Waals surface area contributed by atoms with Gasteiger partial charge < -0.3 is 4.74 Å². The van der Waals surface area contributed by atoms with Crippen LogP contribution in [0.1, 0.15) is 11.1 Å². The van der Waals surface area contributed by atoms with E-state index in [1.54, 1.807) is 6.92 Å². The average molecular weight is 582 g/mol. The van der Waals surface area contributed by atoms with Crippen LogP contribution in [0.3, 0.4) is 0 Å². The van der Waals surface area contributed by atoms with E-state index in [0.29, 0.717) is 17.7 Å². The Morgan fingerprint density at radius 1 is 0.700 bits per heavy atom. The molecule has 0 heterocycles. The van der Waals surface area contributed by atoms with E-state index in [1.807, 2.05) is 0 Å². The van der Waals surface area contributed by atoms with Crippen molar-refractivity contribution in [2.75, 3.05) is 0 Å². The lowest BCUT2D eigenvalue weighted by atomic mass is 9.96. The molecule has 0 amide bonds. The predicted molar refractivity (Wildman–Crippen MR) is 119 cm³/mol. The summed E-state index contributed by atoms with van der Waals surface area (Å²) in [6.45, 7) is 1.57. The fourth-order valence-electron chi connectivity index (χ4n) is 4.13. The van der Waals surface area contributed by atoms with Crippen LogP contribution in [0.2, 0.25) is 0 Å². The number of hydrogen-bond donors (Lipinski definition) is 0. The SMILES string of the molecule is Cc1ccc(-c2cc(F)c(-c3cc(F)c(C(F)(F)OC4=CC(F)C(C(F)(F)F)C(F)=C4)c(F)c3)c(F)c2)c(F)c1. The first-order chi connectivity index (χ1) is 18.5. The molecule has 1 nitrogen and oxygen atoms in total. The predicted octanol–water partition coefficient (Wildman–Crippen LogP) is 9.36. The highest BCUT2D eigenvalue weighted by Crippen LogP contribution is 2.44. The van der Waals surface area contributed by atoms with Gasteiger partial charge in [-0.2, -0.15) is 22.0 Å². The van der Waals surface area contributed by atoms with Gasteiger partial charge in [-0.05, 0) is 60.0 Å². The van der Waals surface area contributed by atoms with E-state index in [4.69, 9.17) is 0 Å². The third-order valence-electron chi connectivity index (χ3n) is 5.92. The summed E-state index contributed by atoms with van der Waals surface area (Å²) < 4.78 is 172. The van der Waals surface area contributed by atoms with Crippen molar-refractivity contribution in [3.05, 3.63) is 106 Å². The maximum Gasteiger partial charge on any atom is 0.432 e. The first-order valence-electron chi connectivity index (χ1n) is 11.1. The first kappa shape index (κ1) is 29.1. The van der Waals surface area contributed by atoms with Gasteiger partial charge in [-0.3, -0.25) is 0 Å². The van der Waals surface area contributed by atoms with Gasteiger partial charge in [-0.25, -0.2) is 30.7 Å². The van der Waals surface area contributed by atoms with Gasteiger partial charge in [0.2, 0.25) is 0 Å². The lowest BCUT2D eigenvalue weighted by Crippen LogP contribution is -2.34. The van der Waals surface area contributed by atoms with Crippen molar-refractivity contribution in [1.82, 2.24) is 0 Å². The van der Waals surface area contributed by atoms with Crippen molar-refractivity contribution in [1.29, 1.82) is 0 Å². The van der Waals surface area contributed by atoms with Crippen LogP contribution in [0, 0.1) is 41.9 Å². The summed E-state index contributed by atoms with van der Waals surface area (Å²) >= 11 is 0. The third kappa shape index (κ3) is 5.54. The van der Waals surface area contributed by atoms with E-state index in [0.717, 1.165) is 6.07 Å². The van der Waals surface area contributed by atoms with E-state index in [1.165, 1.54) is 12.1 Å². The molecule has 0 aliphatic heterocycles. The Hall–Kier alpha value is -3.90. The lowest BCUT2D eigenvalue weighted by molar-refractivity contribution is -0.226. The molecule has 0 fully saturated rings. The van der Waals surface area contributed by atoms with Crippen molar-refractivity contribution in [3.63, 3.8) is 0 Å². The Kier molecular flexibility index (Phi) is 7.46. The minimum atomic E-state index is -5.41. The van der Waals surface area contributed by atoms with Crippen molar-refractivity contribution in [3.8, 4) is 22.3 Å². The number of halogens is 12. The van der Waals surface area contributed by atoms with Gasteiger partial charge in [0, 0.05) is 11.6 Å². The number of ether oxygens (including phenoxy) is 1. The fourth-order valence-corrected chi connectivity index (χ4v) is 4.13. The van der Waals surface area contributed by atoms with Crippen LogP contribution in [0.25, 0.3) is 22.3 Å².